The molecular weight excluding hydrogens is 324 g/mol. The second-order valence-corrected chi connectivity index (χ2v) is 5.76. The molecule has 0 radical (unpaired) electrons. The number of ketones is 1. The quantitative estimate of drug-likeness (QED) is 0.481. The average Bonchev–Trinajstić information content (AvgIpc) is 2.67. The highest BCUT2D eigenvalue weighted by Crippen LogP contribution is 2.23. The minimum Gasteiger partial charge on any atom is -0.366 e. The maximum atomic E-state index is 11.6. The monoisotopic (exact) mass is 344 g/mol. The normalized spacial score (nSPS) is 10.2. The Balaban J connectivity index is 1.96. The van der Waals surface area contributed by atoms with Gasteiger partial charge in [-0.1, -0.05) is 48.5 Å². The Bertz CT molecular complexity index is 922. The van der Waals surface area contributed by atoms with Gasteiger partial charge in [0, 0.05) is 29.4 Å². The SMILES string of the molecule is C=CCNc1cc(-c2ccccc2)nc(Nc2cccc(C(C)=O)c2)n1. The minimum atomic E-state index is 0.0148. The third kappa shape index (κ3) is 4.33. The number of aromatic nitrogens is 2. The molecule has 0 aliphatic carbocycles. The van der Waals surface area contributed by atoms with Gasteiger partial charge in [-0.2, -0.15) is 4.98 Å². The van der Waals surface area contributed by atoms with E-state index in [2.05, 4.69) is 27.2 Å². The van der Waals surface area contributed by atoms with E-state index in [4.69, 9.17) is 0 Å². The van der Waals surface area contributed by atoms with Crippen LogP contribution in [-0.2, 0) is 0 Å². The van der Waals surface area contributed by atoms with Crippen LogP contribution in [0.5, 0.6) is 0 Å². The molecule has 0 amide bonds. The lowest BCUT2D eigenvalue weighted by Gasteiger charge is -2.11. The lowest BCUT2D eigenvalue weighted by atomic mass is 10.1. The third-order valence-electron chi connectivity index (χ3n) is 3.75. The summed E-state index contributed by atoms with van der Waals surface area (Å²) in [5.74, 6) is 1.17. The Kier molecular flexibility index (Phi) is 5.39. The van der Waals surface area contributed by atoms with Crippen molar-refractivity contribution >= 4 is 23.2 Å². The Hall–Kier alpha value is -3.47. The van der Waals surface area contributed by atoms with E-state index in [1.54, 1.807) is 25.1 Å². The van der Waals surface area contributed by atoms with Crippen LogP contribution < -0.4 is 10.6 Å². The molecule has 0 saturated heterocycles. The number of nitrogens with zero attached hydrogens (tertiary/aromatic N) is 2. The van der Waals surface area contributed by atoms with Gasteiger partial charge in [0.1, 0.15) is 5.82 Å². The summed E-state index contributed by atoms with van der Waals surface area (Å²) in [6.45, 7) is 5.87. The van der Waals surface area contributed by atoms with Crippen molar-refractivity contribution in [1.82, 2.24) is 9.97 Å². The summed E-state index contributed by atoms with van der Waals surface area (Å²) in [5, 5.41) is 6.38. The Labute approximate surface area is 152 Å². The van der Waals surface area contributed by atoms with E-state index in [0.717, 1.165) is 16.9 Å². The molecule has 0 bridgehead atoms. The number of benzene rings is 2. The maximum absolute atomic E-state index is 11.6. The zero-order chi connectivity index (χ0) is 18.4. The molecule has 0 spiro atoms. The minimum absolute atomic E-state index is 0.0148. The highest BCUT2D eigenvalue weighted by molar-refractivity contribution is 5.95. The van der Waals surface area contributed by atoms with Crippen molar-refractivity contribution in [3.05, 3.63) is 78.9 Å². The first-order chi connectivity index (χ1) is 12.7. The van der Waals surface area contributed by atoms with Crippen LogP contribution in [0.3, 0.4) is 0 Å². The van der Waals surface area contributed by atoms with Crippen molar-refractivity contribution in [3.63, 3.8) is 0 Å². The summed E-state index contributed by atoms with van der Waals surface area (Å²) in [5.41, 5.74) is 3.20. The first-order valence-corrected chi connectivity index (χ1v) is 8.33. The molecule has 3 rings (SSSR count). The van der Waals surface area contributed by atoms with E-state index in [9.17, 15) is 4.79 Å². The molecule has 5 heteroatoms. The Morgan fingerprint density at radius 1 is 1.08 bits per heavy atom. The highest BCUT2D eigenvalue weighted by atomic mass is 16.1. The van der Waals surface area contributed by atoms with E-state index in [0.29, 0.717) is 23.9 Å². The molecule has 0 aliphatic heterocycles. The van der Waals surface area contributed by atoms with Crippen LogP contribution in [0.1, 0.15) is 17.3 Å². The van der Waals surface area contributed by atoms with Crippen LogP contribution in [0, 0.1) is 0 Å². The van der Waals surface area contributed by atoms with Crippen LogP contribution in [0.25, 0.3) is 11.3 Å². The summed E-state index contributed by atoms with van der Waals surface area (Å²) >= 11 is 0. The predicted molar refractivity (Wildman–Crippen MR) is 106 cm³/mol. The fraction of sp³-hybridized carbons (Fsp3) is 0.0952. The van der Waals surface area contributed by atoms with E-state index < -0.39 is 0 Å². The van der Waals surface area contributed by atoms with Crippen molar-refractivity contribution in [2.45, 2.75) is 6.92 Å². The number of Topliss-reactive ketones (excluding diaryl/α,β-unsaturated/α-hetero) is 1. The summed E-state index contributed by atoms with van der Waals surface area (Å²) in [6.07, 6.45) is 1.77. The summed E-state index contributed by atoms with van der Waals surface area (Å²) in [6, 6.07) is 19.1. The predicted octanol–water partition coefficient (Wildman–Crippen LogP) is 4.69. The molecule has 26 heavy (non-hydrogen) atoms. The Morgan fingerprint density at radius 3 is 2.62 bits per heavy atom. The molecule has 2 N–H and O–H groups in total. The molecule has 0 aliphatic rings. The number of hydrogen-bond donors (Lipinski definition) is 2. The molecule has 3 aromatic rings. The largest absolute Gasteiger partial charge is 0.366 e. The van der Waals surface area contributed by atoms with Crippen molar-refractivity contribution < 1.29 is 4.79 Å². The molecule has 1 aromatic heterocycles. The zero-order valence-corrected chi connectivity index (χ0v) is 14.6. The van der Waals surface area contributed by atoms with Gasteiger partial charge >= 0.3 is 0 Å². The smallest absolute Gasteiger partial charge is 0.229 e. The van der Waals surface area contributed by atoms with E-state index >= 15 is 0 Å². The molecule has 5 nitrogen and oxygen atoms in total. The molecular formula is C21H20N4O. The van der Waals surface area contributed by atoms with Gasteiger partial charge in [-0.15, -0.1) is 6.58 Å². The molecule has 0 saturated carbocycles. The third-order valence-corrected chi connectivity index (χ3v) is 3.75. The van der Waals surface area contributed by atoms with Crippen LogP contribution in [0.15, 0.2) is 73.3 Å². The van der Waals surface area contributed by atoms with E-state index in [1.807, 2.05) is 48.5 Å². The fourth-order valence-corrected chi connectivity index (χ4v) is 2.47. The van der Waals surface area contributed by atoms with Gasteiger partial charge in [-0.05, 0) is 19.1 Å². The van der Waals surface area contributed by atoms with Crippen molar-refractivity contribution in [1.29, 1.82) is 0 Å². The van der Waals surface area contributed by atoms with Gasteiger partial charge in [0.05, 0.1) is 5.69 Å². The summed E-state index contributed by atoms with van der Waals surface area (Å²) in [4.78, 5) is 20.7. The number of rotatable bonds is 7. The van der Waals surface area contributed by atoms with E-state index in [1.165, 1.54) is 0 Å². The van der Waals surface area contributed by atoms with Crippen molar-refractivity contribution in [2.24, 2.45) is 0 Å². The molecule has 0 fully saturated rings. The standard InChI is InChI=1S/C21H20N4O/c1-3-12-22-20-14-19(16-8-5-4-6-9-16)24-21(25-20)23-18-11-7-10-17(13-18)15(2)26/h3-11,13-14H,1,12H2,2H3,(H2,22,23,24,25). The molecule has 2 aromatic carbocycles. The van der Waals surface area contributed by atoms with Crippen molar-refractivity contribution in [3.8, 4) is 11.3 Å². The van der Waals surface area contributed by atoms with Gasteiger partial charge in [0.25, 0.3) is 0 Å². The summed E-state index contributed by atoms with van der Waals surface area (Å²) in [7, 11) is 0. The Morgan fingerprint density at radius 2 is 1.88 bits per heavy atom. The lowest BCUT2D eigenvalue weighted by molar-refractivity contribution is 0.101. The maximum Gasteiger partial charge on any atom is 0.229 e. The lowest BCUT2D eigenvalue weighted by Crippen LogP contribution is -2.05. The van der Waals surface area contributed by atoms with Crippen molar-refractivity contribution in [2.75, 3.05) is 17.2 Å². The molecule has 1 heterocycles. The number of carbonyl (C=O) groups excluding carboxylic acids is 1. The van der Waals surface area contributed by atoms with Crippen LogP contribution in [0.4, 0.5) is 17.5 Å². The number of carbonyl (C=O) groups is 1. The first kappa shape index (κ1) is 17.4. The van der Waals surface area contributed by atoms with Gasteiger partial charge in [-0.3, -0.25) is 4.79 Å². The fourth-order valence-electron chi connectivity index (χ4n) is 2.47. The first-order valence-electron chi connectivity index (χ1n) is 8.33. The molecule has 0 unspecified atom stereocenters. The van der Waals surface area contributed by atoms with E-state index in [-0.39, 0.29) is 5.78 Å². The second kappa shape index (κ2) is 8.07. The highest BCUT2D eigenvalue weighted by Gasteiger charge is 2.08. The molecule has 0 atom stereocenters. The zero-order valence-electron chi connectivity index (χ0n) is 14.6. The number of hydrogen-bond acceptors (Lipinski definition) is 5. The van der Waals surface area contributed by atoms with Gasteiger partial charge in [-0.25, -0.2) is 4.98 Å². The number of anilines is 3. The summed E-state index contributed by atoms with van der Waals surface area (Å²) < 4.78 is 0. The van der Waals surface area contributed by atoms with Crippen LogP contribution in [-0.4, -0.2) is 22.3 Å². The topological polar surface area (TPSA) is 66.9 Å². The van der Waals surface area contributed by atoms with Gasteiger partial charge < -0.3 is 10.6 Å². The number of nitrogens with one attached hydrogen (secondary N) is 2. The van der Waals surface area contributed by atoms with Crippen LogP contribution >= 0.6 is 0 Å². The molecule has 130 valence electrons. The van der Waals surface area contributed by atoms with Gasteiger partial charge in [0.2, 0.25) is 5.95 Å². The van der Waals surface area contributed by atoms with Gasteiger partial charge in [0.15, 0.2) is 5.78 Å². The average molecular weight is 344 g/mol. The van der Waals surface area contributed by atoms with Crippen LogP contribution in [0.2, 0.25) is 0 Å². The second-order valence-electron chi connectivity index (χ2n) is 5.76.